The molecule has 130 valence electrons. The molecule has 1 heterocycles. The summed E-state index contributed by atoms with van der Waals surface area (Å²) in [5.41, 5.74) is -1.25. The molecule has 3 N–H and O–H groups in total. The number of para-hydroxylation sites is 1. The lowest BCUT2D eigenvalue weighted by Gasteiger charge is -2.12. The van der Waals surface area contributed by atoms with Crippen molar-refractivity contribution in [2.45, 2.75) is 13.1 Å². The summed E-state index contributed by atoms with van der Waals surface area (Å²) in [6.45, 7) is 1.43. The maximum absolute atomic E-state index is 13.3. The molecule has 0 aliphatic heterocycles. The van der Waals surface area contributed by atoms with E-state index in [1.54, 1.807) is 18.2 Å². The van der Waals surface area contributed by atoms with Gasteiger partial charge in [0.25, 0.3) is 0 Å². The Bertz CT molecular complexity index is 905. The average molecular weight is 350 g/mol. The van der Waals surface area contributed by atoms with Crippen molar-refractivity contribution in [3.8, 4) is 34.3 Å². The van der Waals surface area contributed by atoms with Gasteiger partial charge < -0.3 is 14.9 Å². The van der Waals surface area contributed by atoms with Gasteiger partial charge in [-0.1, -0.05) is 18.2 Å². The Morgan fingerprint density at radius 2 is 1.72 bits per heavy atom. The molecule has 8 heteroatoms. The van der Waals surface area contributed by atoms with Gasteiger partial charge in [0, 0.05) is 11.1 Å². The number of benzene rings is 2. The van der Waals surface area contributed by atoms with Crippen LogP contribution in [0.5, 0.6) is 23.0 Å². The third kappa shape index (κ3) is 3.10. The molecule has 0 aliphatic rings. The maximum Gasteiger partial charge on any atom is 0.436 e. The Morgan fingerprint density at radius 3 is 2.36 bits per heavy atom. The summed E-state index contributed by atoms with van der Waals surface area (Å²) >= 11 is 0. The standard InChI is InChI=1S/C17H13F3N2O3/c1-9-12(23)8-7-11(14(9)24)13-15(16(22-21-13)17(18,19)20)25-10-5-3-2-4-6-10/h2-8,23-24H,1H3,(H,21,22). The van der Waals surface area contributed by atoms with Crippen molar-refractivity contribution in [1.29, 1.82) is 0 Å². The topological polar surface area (TPSA) is 78.4 Å². The highest BCUT2D eigenvalue weighted by Crippen LogP contribution is 2.45. The normalized spacial score (nSPS) is 11.5. The number of phenols is 2. The van der Waals surface area contributed by atoms with Crippen molar-refractivity contribution in [1.82, 2.24) is 10.2 Å². The highest BCUT2D eigenvalue weighted by Gasteiger charge is 2.39. The minimum Gasteiger partial charge on any atom is -0.508 e. The van der Waals surface area contributed by atoms with E-state index in [9.17, 15) is 23.4 Å². The molecule has 3 rings (SSSR count). The van der Waals surface area contributed by atoms with Gasteiger partial charge in [0.1, 0.15) is 22.9 Å². The fourth-order valence-electron chi connectivity index (χ4n) is 2.29. The number of H-pyrrole nitrogens is 1. The molecular formula is C17H13F3N2O3. The Kier molecular flexibility index (Phi) is 4.03. The van der Waals surface area contributed by atoms with Crippen molar-refractivity contribution >= 4 is 0 Å². The number of nitrogens with one attached hydrogen (secondary N) is 1. The summed E-state index contributed by atoms with van der Waals surface area (Å²) in [7, 11) is 0. The number of aromatic nitrogens is 2. The summed E-state index contributed by atoms with van der Waals surface area (Å²) in [4.78, 5) is 0. The van der Waals surface area contributed by atoms with Gasteiger partial charge in [-0.05, 0) is 31.2 Å². The zero-order valence-corrected chi connectivity index (χ0v) is 12.9. The monoisotopic (exact) mass is 350 g/mol. The van der Waals surface area contributed by atoms with Gasteiger partial charge in [-0.2, -0.15) is 18.3 Å². The molecule has 1 aromatic heterocycles. The third-order valence-corrected chi connectivity index (χ3v) is 3.63. The van der Waals surface area contributed by atoms with Crippen molar-refractivity contribution in [2.24, 2.45) is 0 Å². The molecule has 0 fully saturated rings. The van der Waals surface area contributed by atoms with Gasteiger partial charge in [-0.3, -0.25) is 5.10 Å². The second-order valence-electron chi connectivity index (χ2n) is 5.30. The van der Waals surface area contributed by atoms with Crippen LogP contribution in [0.15, 0.2) is 42.5 Å². The van der Waals surface area contributed by atoms with E-state index in [1.807, 2.05) is 5.10 Å². The summed E-state index contributed by atoms with van der Waals surface area (Å²) in [5, 5.41) is 25.4. The van der Waals surface area contributed by atoms with Crippen molar-refractivity contribution in [3.63, 3.8) is 0 Å². The zero-order valence-electron chi connectivity index (χ0n) is 12.9. The fraction of sp³-hybridized carbons (Fsp3) is 0.118. The van der Waals surface area contributed by atoms with Crippen molar-refractivity contribution in [2.75, 3.05) is 0 Å². The van der Waals surface area contributed by atoms with E-state index in [1.165, 1.54) is 31.2 Å². The molecule has 0 aliphatic carbocycles. The predicted octanol–water partition coefficient (Wildman–Crippen LogP) is 4.61. The lowest BCUT2D eigenvalue weighted by Crippen LogP contribution is -2.07. The molecule has 0 saturated heterocycles. The van der Waals surface area contributed by atoms with Crippen LogP contribution >= 0.6 is 0 Å². The number of hydrogen-bond donors (Lipinski definition) is 3. The Hall–Kier alpha value is -3.16. The number of rotatable bonds is 3. The second-order valence-corrected chi connectivity index (χ2v) is 5.30. The first-order chi connectivity index (χ1) is 11.8. The number of ether oxygens (including phenoxy) is 1. The largest absolute Gasteiger partial charge is 0.508 e. The molecule has 3 aromatic rings. The minimum atomic E-state index is -4.73. The molecule has 0 saturated carbocycles. The highest BCUT2D eigenvalue weighted by molar-refractivity contribution is 5.76. The Labute approximate surface area is 140 Å². The van der Waals surface area contributed by atoms with Crippen LogP contribution in [0.25, 0.3) is 11.3 Å². The first-order valence-electron chi connectivity index (χ1n) is 7.19. The molecule has 0 unspecified atom stereocenters. The second kappa shape index (κ2) is 6.04. The average Bonchev–Trinajstić information content (AvgIpc) is 2.97. The van der Waals surface area contributed by atoms with E-state index in [0.29, 0.717) is 0 Å². The minimum absolute atomic E-state index is 0.00739. The number of hydrogen-bond acceptors (Lipinski definition) is 4. The lowest BCUT2D eigenvalue weighted by molar-refractivity contribution is -0.142. The SMILES string of the molecule is Cc1c(O)ccc(-c2n[nH]c(C(F)(F)F)c2Oc2ccccc2)c1O. The summed E-state index contributed by atoms with van der Waals surface area (Å²) < 4.78 is 45.2. The quantitative estimate of drug-likeness (QED) is 0.645. The molecule has 0 spiro atoms. The smallest absolute Gasteiger partial charge is 0.436 e. The summed E-state index contributed by atoms with van der Waals surface area (Å²) in [5.74, 6) is -0.929. The van der Waals surface area contributed by atoms with Crippen LogP contribution in [0.3, 0.4) is 0 Å². The maximum atomic E-state index is 13.3. The van der Waals surface area contributed by atoms with E-state index >= 15 is 0 Å². The zero-order chi connectivity index (χ0) is 18.2. The van der Waals surface area contributed by atoms with Gasteiger partial charge >= 0.3 is 6.18 Å². The number of aromatic hydroxyl groups is 2. The summed E-state index contributed by atoms with van der Waals surface area (Å²) in [6.07, 6.45) is -4.73. The first-order valence-corrected chi connectivity index (χ1v) is 7.19. The van der Waals surface area contributed by atoms with Crippen LogP contribution in [-0.4, -0.2) is 20.4 Å². The molecular weight excluding hydrogens is 337 g/mol. The number of halogens is 3. The van der Waals surface area contributed by atoms with E-state index < -0.39 is 17.6 Å². The van der Waals surface area contributed by atoms with Gasteiger partial charge in [0.15, 0.2) is 11.4 Å². The first kappa shape index (κ1) is 16.7. The number of nitrogens with zero attached hydrogens (tertiary/aromatic N) is 1. The van der Waals surface area contributed by atoms with Crippen LogP contribution in [0.2, 0.25) is 0 Å². The van der Waals surface area contributed by atoms with Crippen molar-refractivity contribution < 1.29 is 28.1 Å². The Morgan fingerprint density at radius 1 is 1.04 bits per heavy atom. The van der Waals surface area contributed by atoms with Crippen LogP contribution in [0.4, 0.5) is 13.2 Å². The van der Waals surface area contributed by atoms with E-state index in [2.05, 4.69) is 5.10 Å². The highest BCUT2D eigenvalue weighted by atomic mass is 19.4. The van der Waals surface area contributed by atoms with Crippen LogP contribution in [0.1, 0.15) is 11.3 Å². The van der Waals surface area contributed by atoms with Gasteiger partial charge in [-0.15, -0.1) is 0 Å². The molecule has 0 atom stereocenters. The molecule has 0 radical (unpaired) electrons. The van der Waals surface area contributed by atoms with E-state index in [0.717, 1.165) is 0 Å². The van der Waals surface area contributed by atoms with E-state index in [4.69, 9.17) is 4.74 Å². The van der Waals surface area contributed by atoms with Crippen molar-refractivity contribution in [3.05, 3.63) is 53.7 Å². The van der Waals surface area contributed by atoms with Gasteiger partial charge in [-0.25, -0.2) is 0 Å². The molecule has 0 amide bonds. The van der Waals surface area contributed by atoms with Crippen LogP contribution in [-0.2, 0) is 6.18 Å². The van der Waals surface area contributed by atoms with Gasteiger partial charge in [0.2, 0.25) is 0 Å². The molecule has 2 aromatic carbocycles. The summed E-state index contributed by atoms with van der Waals surface area (Å²) in [6, 6.07) is 10.5. The van der Waals surface area contributed by atoms with Gasteiger partial charge in [0.05, 0.1) is 0 Å². The predicted molar refractivity (Wildman–Crippen MR) is 83.6 cm³/mol. The lowest BCUT2D eigenvalue weighted by atomic mass is 10.0. The molecule has 25 heavy (non-hydrogen) atoms. The third-order valence-electron chi connectivity index (χ3n) is 3.63. The molecule has 5 nitrogen and oxygen atoms in total. The van der Waals surface area contributed by atoms with E-state index in [-0.39, 0.29) is 34.1 Å². The number of alkyl halides is 3. The molecule has 0 bridgehead atoms. The van der Waals surface area contributed by atoms with Crippen LogP contribution in [0, 0.1) is 6.92 Å². The number of phenolic OH excluding ortho intramolecular Hbond substituents is 2. The van der Waals surface area contributed by atoms with Crippen LogP contribution < -0.4 is 4.74 Å². The Balaban J connectivity index is 2.18. The fourth-order valence-corrected chi connectivity index (χ4v) is 2.29. The number of aromatic amines is 1.